The van der Waals surface area contributed by atoms with Crippen LogP contribution in [-0.2, 0) is 22.6 Å². The third kappa shape index (κ3) is 6.84. The first-order valence-corrected chi connectivity index (χ1v) is 13.7. The summed E-state index contributed by atoms with van der Waals surface area (Å²) in [6.07, 6.45) is 7.90. The van der Waals surface area contributed by atoms with Crippen molar-refractivity contribution in [3.63, 3.8) is 0 Å². The van der Waals surface area contributed by atoms with Crippen LogP contribution in [0.5, 0.6) is 5.75 Å². The van der Waals surface area contributed by atoms with Crippen molar-refractivity contribution >= 4 is 47.7 Å². The van der Waals surface area contributed by atoms with E-state index in [-0.39, 0.29) is 37.2 Å². The van der Waals surface area contributed by atoms with E-state index in [1.54, 1.807) is 0 Å². The van der Waals surface area contributed by atoms with Gasteiger partial charge in [-0.25, -0.2) is 0 Å². The highest BCUT2D eigenvalue weighted by molar-refractivity contribution is 7.11. The number of ether oxygens (including phenoxy) is 2. The molecule has 0 saturated carbocycles. The molecule has 0 unspecified atom stereocenters. The van der Waals surface area contributed by atoms with Gasteiger partial charge in [0.1, 0.15) is 12.4 Å². The Hall–Kier alpha value is -1.57. The van der Waals surface area contributed by atoms with Crippen LogP contribution in [0.2, 0.25) is 0 Å². The maximum atomic E-state index is 11.9. The largest absolute Gasteiger partial charge is 0.488 e. The second-order valence-electron chi connectivity index (χ2n) is 9.72. The van der Waals surface area contributed by atoms with Gasteiger partial charge in [0.2, 0.25) is 0 Å². The topological polar surface area (TPSA) is 42.0 Å². The Morgan fingerprint density at radius 1 is 1.00 bits per heavy atom. The van der Waals surface area contributed by atoms with Gasteiger partial charge < -0.3 is 19.3 Å². The van der Waals surface area contributed by atoms with E-state index in [0.717, 1.165) is 42.8 Å². The van der Waals surface area contributed by atoms with Crippen molar-refractivity contribution < 1.29 is 14.3 Å². The molecule has 5 nitrogen and oxygen atoms in total. The molecule has 0 aliphatic carbocycles. The van der Waals surface area contributed by atoms with Gasteiger partial charge in [-0.05, 0) is 87.4 Å². The molecule has 3 aliphatic rings. The Balaban J connectivity index is 0.00000180. The maximum Gasteiger partial charge on any atom is 0.309 e. The van der Waals surface area contributed by atoms with Crippen LogP contribution in [0.3, 0.4) is 0 Å². The number of nitrogens with zero attached hydrogens (tertiary/aromatic N) is 2. The van der Waals surface area contributed by atoms with E-state index in [1.165, 1.54) is 80.6 Å². The molecule has 1 aromatic carbocycles. The average Bonchev–Trinajstić information content (AvgIpc) is 3.27. The van der Waals surface area contributed by atoms with Gasteiger partial charge in [0.05, 0.1) is 13.5 Å². The Labute approximate surface area is 231 Å². The summed E-state index contributed by atoms with van der Waals surface area (Å²) >= 11 is 1.81. The summed E-state index contributed by atoms with van der Waals surface area (Å²) < 4.78 is 11.1. The molecule has 0 atom stereocenters. The third-order valence-corrected chi connectivity index (χ3v) is 8.43. The summed E-state index contributed by atoms with van der Waals surface area (Å²) in [5.41, 5.74) is 6.25. The number of esters is 1. The third-order valence-electron chi connectivity index (χ3n) is 7.46. The molecule has 0 spiro atoms. The number of rotatable bonds is 6. The van der Waals surface area contributed by atoms with Crippen LogP contribution in [0, 0.1) is 0 Å². The van der Waals surface area contributed by atoms with E-state index in [9.17, 15) is 4.79 Å². The first-order chi connectivity index (χ1) is 16.7. The van der Waals surface area contributed by atoms with Crippen molar-refractivity contribution in [3.8, 4) is 5.75 Å². The smallest absolute Gasteiger partial charge is 0.309 e. The number of hydrogen-bond acceptors (Lipinski definition) is 6. The van der Waals surface area contributed by atoms with E-state index in [4.69, 9.17) is 9.47 Å². The van der Waals surface area contributed by atoms with Crippen LogP contribution in [0.4, 0.5) is 0 Å². The molecule has 2 saturated heterocycles. The zero-order valence-electron chi connectivity index (χ0n) is 21.1. The quantitative estimate of drug-likeness (QED) is 0.412. The Morgan fingerprint density at radius 2 is 1.72 bits per heavy atom. The molecule has 0 N–H and O–H groups in total. The number of halogens is 2. The second-order valence-corrected chi connectivity index (χ2v) is 10.6. The highest BCUT2D eigenvalue weighted by Gasteiger charge is 2.26. The van der Waals surface area contributed by atoms with E-state index in [2.05, 4.69) is 27.3 Å². The lowest BCUT2D eigenvalue weighted by molar-refractivity contribution is -0.139. The highest BCUT2D eigenvalue weighted by atomic mass is 35.5. The Kier molecular flexibility index (Phi) is 11.1. The predicted molar refractivity (Wildman–Crippen MR) is 152 cm³/mol. The summed E-state index contributed by atoms with van der Waals surface area (Å²) in [5, 5.41) is 2.17. The lowest BCUT2D eigenvalue weighted by atomic mass is 9.89. The first kappa shape index (κ1) is 29.0. The van der Waals surface area contributed by atoms with Crippen molar-refractivity contribution in [1.82, 2.24) is 9.80 Å². The molecule has 0 bridgehead atoms. The number of fused-ring (bicyclic) bond motifs is 2. The van der Waals surface area contributed by atoms with Gasteiger partial charge in [0, 0.05) is 34.7 Å². The second kappa shape index (κ2) is 13.8. The van der Waals surface area contributed by atoms with Crippen LogP contribution in [-0.4, -0.2) is 62.1 Å². The number of carbonyl (C=O) groups excluding carboxylic acids is 1. The number of methoxy groups -OCH3 is 1. The minimum Gasteiger partial charge on any atom is -0.488 e. The fourth-order valence-electron chi connectivity index (χ4n) is 5.54. The molecule has 2 fully saturated rings. The zero-order valence-corrected chi connectivity index (χ0v) is 23.6. The molecule has 4 heterocycles. The molecule has 1 aromatic heterocycles. The zero-order chi connectivity index (χ0) is 23.3. The lowest BCUT2D eigenvalue weighted by Gasteiger charge is -2.31. The normalized spacial score (nSPS) is 18.1. The van der Waals surface area contributed by atoms with E-state index in [0.29, 0.717) is 6.61 Å². The predicted octanol–water partition coefficient (Wildman–Crippen LogP) is 5.97. The number of hydrogen-bond donors (Lipinski definition) is 0. The molecule has 8 heteroatoms. The molecule has 2 aromatic rings. The summed E-state index contributed by atoms with van der Waals surface area (Å²) in [4.78, 5) is 18.5. The molecule has 3 aliphatic heterocycles. The van der Waals surface area contributed by atoms with Crippen LogP contribution < -0.4 is 4.74 Å². The summed E-state index contributed by atoms with van der Waals surface area (Å²) in [7, 11) is 1.44. The SMILES string of the molecule is COC(=O)Cc1ccc2c(c1)C(=C1CCN(CCCN3CCCCC3)CC1)c1sccc1CO2.Cl.Cl. The van der Waals surface area contributed by atoms with Gasteiger partial charge in [0.25, 0.3) is 0 Å². The van der Waals surface area contributed by atoms with Gasteiger partial charge in [-0.2, -0.15) is 0 Å². The van der Waals surface area contributed by atoms with Crippen molar-refractivity contribution in [2.75, 3.05) is 46.4 Å². The van der Waals surface area contributed by atoms with Gasteiger partial charge in [0.15, 0.2) is 0 Å². The standard InChI is InChI=1S/C28H36N2O3S.2ClH/c1-32-26(31)19-21-6-7-25-24(18-21)27(28-23(20-33-25)10-17-34-28)22-8-15-30(16-9-22)14-5-13-29-11-3-2-4-12-29;;/h6-7,10,17-18H,2-5,8-9,11-16,19-20H2,1H3;2*1H. The van der Waals surface area contributed by atoms with Gasteiger partial charge in [-0.15, -0.1) is 36.2 Å². The Bertz CT molecular complexity index is 1040. The number of benzene rings is 1. The molecule has 0 radical (unpaired) electrons. The number of likely N-dealkylation sites (tertiary alicyclic amines) is 2. The van der Waals surface area contributed by atoms with Crippen LogP contribution >= 0.6 is 36.2 Å². The van der Waals surface area contributed by atoms with Crippen LogP contribution in [0.25, 0.3) is 5.57 Å². The number of thiophene rings is 1. The number of piperidine rings is 2. The Morgan fingerprint density at radius 3 is 2.44 bits per heavy atom. The lowest BCUT2D eigenvalue weighted by Crippen LogP contribution is -2.35. The number of carbonyl (C=O) groups is 1. The van der Waals surface area contributed by atoms with Crippen LogP contribution in [0.15, 0.2) is 35.2 Å². The van der Waals surface area contributed by atoms with E-state index >= 15 is 0 Å². The summed E-state index contributed by atoms with van der Waals surface area (Å²) in [5.74, 6) is 0.710. The van der Waals surface area contributed by atoms with Crippen molar-refractivity contribution in [2.24, 2.45) is 0 Å². The van der Waals surface area contributed by atoms with Crippen LogP contribution in [0.1, 0.15) is 60.1 Å². The summed E-state index contributed by atoms with van der Waals surface area (Å²) in [6, 6.07) is 8.36. The van der Waals surface area contributed by atoms with Gasteiger partial charge >= 0.3 is 5.97 Å². The minimum atomic E-state index is -0.210. The van der Waals surface area contributed by atoms with E-state index < -0.39 is 0 Å². The first-order valence-electron chi connectivity index (χ1n) is 12.8. The fraction of sp³-hybridized carbons (Fsp3) is 0.536. The average molecular weight is 554 g/mol. The van der Waals surface area contributed by atoms with Crippen molar-refractivity contribution in [2.45, 2.75) is 51.6 Å². The van der Waals surface area contributed by atoms with Gasteiger partial charge in [-0.3, -0.25) is 4.79 Å². The highest BCUT2D eigenvalue weighted by Crippen LogP contribution is 2.43. The monoisotopic (exact) mass is 552 g/mol. The molecular formula is C28H38Cl2N2O3S. The molecule has 198 valence electrons. The van der Waals surface area contributed by atoms with E-state index in [1.807, 2.05) is 23.5 Å². The molecule has 36 heavy (non-hydrogen) atoms. The van der Waals surface area contributed by atoms with Gasteiger partial charge in [-0.1, -0.05) is 18.1 Å². The fourth-order valence-corrected chi connectivity index (χ4v) is 6.56. The minimum absolute atomic E-state index is 0. The molecule has 0 amide bonds. The molecule has 5 rings (SSSR count). The van der Waals surface area contributed by atoms with Crippen molar-refractivity contribution in [3.05, 3.63) is 56.8 Å². The summed E-state index contributed by atoms with van der Waals surface area (Å²) in [6.45, 7) is 7.87. The van der Waals surface area contributed by atoms with Crippen molar-refractivity contribution in [1.29, 1.82) is 0 Å². The maximum absolute atomic E-state index is 11.9. The molecular weight excluding hydrogens is 515 g/mol.